The van der Waals surface area contributed by atoms with Gasteiger partial charge in [0.05, 0.1) is 6.21 Å². The molecule has 0 aliphatic heterocycles. The van der Waals surface area contributed by atoms with Crippen molar-refractivity contribution in [2.75, 3.05) is 7.05 Å². The van der Waals surface area contributed by atoms with Crippen LogP contribution in [0.2, 0.25) is 0 Å². The zero-order chi connectivity index (χ0) is 10.6. The largest absolute Gasteiger partial charge is 0.350 e. The molecule has 0 radical (unpaired) electrons. The third-order valence-electron chi connectivity index (χ3n) is 1.57. The number of nitrogens with two attached hydrogens (primary N) is 1. The van der Waals surface area contributed by atoms with Gasteiger partial charge >= 0.3 is 6.03 Å². The van der Waals surface area contributed by atoms with Crippen LogP contribution < -0.4 is 5.73 Å². The number of primary amides is 1. The van der Waals surface area contributed by atoms with Gasteiger partial charge in [0, 0.05) is 11.5 Å². The summed E-state index contributed by atoms with van der Waals surface area (Å²) in [7, 11) is 1.50. The van der Waals surface area contributed by atoms with E-state index in [9.17, 15) is 4.79 Å². The quantitative estimate of drug-likeness (QED) is 0.636. The van der Waals surface area contributed by atoms with Crippen molar-refractivity contribution >= 4 is 28.2 Å². The minimum absolute atomic E-state index is 0.585. The summed E-state index contributed by atoms with van der Waals surface area (Å²) in [4.78, 5) is 10.6. The van der Waals surface area contributed by atoms with E-state index in [1.807, 2.05) is 24.3 Å². The first-order valence-electron chi connectivity index (χ1n) is 3.92. The number of hydrogen-bond donors (Lipinski definition) is 1. The zero-order valence-corrected chi connectivity index (χ0v) is 9.23. The number of hydrogen-bond acceptors (Lipinski definition) is 2. The molecule has 4 nitrogen and oxygen atoms in total. The number of hydrazone groups is 1. The van der Waals surface area contributed by atoms with Gasteiger partial charge in [-0.2, -0.15) is 5.10 Å². The van der Waals surface area contributed by atoms with Gasteiger partial charge in [0.2, 0.25) is 0 Å². The molecule has 0 saturated heterocycles. The van der Waals surface area contributed by atoms with Crippen LogP contribution in [-0.2, 0) is 0 Å². The molecule has 2 amide bonds. The molecule has 1 aromatic rings. The van der Waals surface area contributed by atoms with Crippen LogP contribution in [0.25, 0.3) is 0 Å². The van der Waals surface area contributed by atoms with Crippen molar-refractivity contribution in [2.45, 2.75) is 0 Å². The normalized spacial score (nSPS) is 10.4. The van der Waals surface area contributed by atoms with Gasteiger partial charge in [0.15, 0.2) is 0 Å². The number of amides is 2. The van der Waals surface area contributed by atoms with E-state index in [-0.39, 0.29) is 0 Å². The summed E-state index contributed by atoms with van der Waals surface area (Å²) in [6.45, 7) is 0. The molecule has 74 valence electrons. The highest BCUT2D eigenvalue weighted by Crippen LogP contribution is 2.09. The van der Waals surface area contributed by atoms with E-state index < -0.39 is 6.03 Å². The summed E-state index contributed by atoms with van der Waals surface area (Å²) >= 11 is 3.32. The van der Waals surface area contributed by atoms with Crippen LogP contribution in [0.3, 0.4) is 0 Å². The molecule has 5 heteroatoms. The molecule has 0 saturated carbocycles. The summed E-state index contributed by atoms with van der Waals surface area (Å²) in [5.41, 5.74) is 5.89. The Hall–Kier alpha value is -1.36. The first-order valence-corrected chi connectivity index (χ1v) is 4.71. The Balaban J connectivity index is 2.69. The lowest BCUT2D eigenvalue weighted by Crippen LogP contribution is -2.27. The van der Waals surface area contributed by atoms with Crippen molar-refractivity contribution < 1.29 is 4.79 Å². The lowest BCUT2D eigenvalue weighted by atomic mass is 10.2. The predicted molar refractivity (Wildman–Crippen MR) is 59.1 cm³/mol. The average Bonchev–Trinajstić information content (AvgIpc) is 2.16. The van der Waals surface area contributed by atoms with E-state index in [2.05, 4.69) is 21.0 Å². The Labute approximate surface area is 90.5 Å². The van der Waals surface area contributed by atoms with Gasteiger partial charge in [-0.3, -0.25) is 0 Å². The fraction of sp³-hybridized carbons (Fsp3) is 0.111. The molecule has 0 spiro atoms. The zero-order valence-electron chi connectivity index (χ0n) is 7.64. The molecule has 0 aliphatic rings. The maximum absolute atomic E-state index is 10.6. The summed E-state index contributed by atoms with van der Waals surface area (Å²) in [6, 6.07) is 6.96. The summed E-state index contributed by atoms with van der Waals surface area (Å²) < 4.78 is 0.998. The van der Waals surface area contributed by atoms with Crippen LogP contribution in [0, 0.1) is 0 Å². The molecule has 0 aliphatic carbocycles. The molecule has 14 heavy (non-hydrogen) atoms. The lowest BCUT2D eigenvalue weighted by molar-refractivity contribution is 0.220. The summed E-state index contributed by atoms with van der Waals surface area (Å²) in [6.07, 6.45) is 1.57. The van der Waals surface area contributed by atoms with Gasteiger partial charge in [0.1, 0.15) is 0 Å². The number of nitrogens with zero attached hydrogens (tertiary/aromatic N) is 2. The van der Waals surface area contributed by atoms with Crippen molar-refractivity contribution in [1.82, 2.24) is 5.01 Å². The average molecular weight is 256 g/mol. The van der Waals surface area contributed by atoms with E-state index in [0.717, 1.165) is 15.0 Å². The molecule has 0 bridgehead atoms. The highest BCUT2D eigenvalue weighted by Gasteiger charge is 1.97. The molecule has 0 atom stereocenters. The minimum atomic E-state index is -0.585. The standard InChI is InChI=1S/C9H10BrN3O/c1-13(9(11)14)12-6-7-2-4-8(10)5-3-7/h2-6H,1H3,(H2,11,14)/b12-6+. The van der Waals surface area contributed by atoms with Gasteiger partial charge < -0.3 is 5.73 Å². The molecule has 2 N–H and O–H groups in total. The number of carbonyl (C=O) groups is 1. The second-order valence-electron chi connectivity index (χ2n) is 2.66. The van der Waals surface area contributed by atoms with Gasteiger partial charge in [0.25, 0.3) is 0 Å². The minimum Gasteiger partial charge on any atom is -0.350 e. The van der Waals surface area contributed by atoms with Crippen LogP contribution in [0.5, 0.6) is 0 Å². The van der Waals surface area contributed by atoms with Crippen molar-refractivity contribution in [3.63, 3.8) is 0 Å². The number of urea groups is 1. The smallest absolute Gasteiger partial charge is 0.334 e. The Bertz CT molecular complexity index is 348. The first kappa shape index (κ1) is 10.7. The van der Waals surface area contributed by atoms with E-state index in [1.165, 1.54) is 7.05 Å². The highest BCUT2D eigenvalue weighted by atomic mass is 79.9. The Morgan fingerprint density at radius 3 is 2.57 bits per heavy atom. The number of benzene rings is 1. The first-order chi connectivity index (χ1) is 6.59. The molecule has 1 rings (SSSR count). The van der Waals surface area contributed by atoms with E-state index >= 15 is 0 Å². The predicted octanol–water partition coefficient (Wildman–Crippen LogP) is 1.79. The number of halogens is 1. The third kappa shape index (κ3) is 3.18. The fourth-order valence-corrected chi connectivity index (χ4v) is 1.02. The Kier molecular flexibility index (Phi) is 3.64. The monoisotopic (exact) mass is 255 g/mol. The molecular weight excluding hydrogens is 246 g/mol. The SMILES string of the molecule is CN(/N=C/c1ccc(Br)cc1)C(N)=O. The van der Waals surface area contributed by atoms with Gasteiger partial charge in [-0.25, -0.2) is 9.80 Å². The second-order valence-corrected chi connectivity index (χ2v) is 3.57. The fourth-order valence-electron chi connectivity index (χ4n) is 0.759. The molecule has 0 unspecified atom stereocenters. The summed E-state index contributed by atoms with van der Waals surface area (Å²) in [5, 5.41) is 4.91. The molecule has 0 aromatic heterocycles. The van der Waals surface area contributed by atoms with Crippen LogP contribution in [0.4, 0.5) is 4.79 Å². The second kappa shape index (κ2) is 4.76. The lowest BCUT2D eigenvalue weighted by Gasteiger charge is -2.05. The van der Waals surface area contributed by atoms with Crippen LogP contribution in [0.15, 0.2) is 33.8 Å². The number of carbonyl (C=O) groups excluding carboxylic acids is 1. The van der Waals surface area contributed by atoms with Crippen LogP contribution in [-0.4, -0.2) is 24.3 Å². The van der Waals surface area contributed by atoms with Gasteiger partial charge in [-0.1, -0.05) is 28.1 Å². The van der Waals surface area contributed by atoms with Crippen LogP contribution >= 0.6 is 15.9 Å². The van der Waals surface area contributed by atoms with Crippen molar-refractivity contribution in [3.8, 4) is 0 Å². The summed E-state index contributed by atoms with van der Waals surface area (Å²) in [5.74, 6) is 0. The Morgan fingerprint density at radius 2 is 2.07 bits per heavy atom. The van der Waals surface area contributed by atoms with Crippen molar-refractivity contribution in [2.24, 2.45) is 10.8 Å². The number of rotatable bonds is 2. The maximum atomic E-state index is 10.6. The third-order valence-corrected chi connectivity index (χ3v) is 2.10. The van der Waals surface area contributed by atoms with Crippen molar-refractivity contribution in [3.05, 3.63) is 34.3 Å². The van der Waals surface area contributed by atoms with Gasteiger partial charge in [-0.15, -0.1) is 0 Å². The van der Waals surface area contributed by atoms with Crippen molar-refractivity contribution in [1.29, 1.82) is 0 Å². The molecule has 0 fully saturated rings. The van der Waals surface area contributed by atoms with Gasteiger partial charge in [-0.05, 0) is 17.7 Å². The molecule has 0 heterocycles. The van der Waals surface area contributed by atoms with E-state index in [1.54, 1.807) is 6.21 Å². The Morgan fingerprint density at radius 1 is 1.50 bits per heavy atom. The van der Waals surface area contributed by atoms with Crippen LogP contribution in [0.1, 0.15) is 5.56 Å². The molecule has 1 aromatic carbocycles. The molecular formula is C9H10BrN3O. The van der Waals surface area contributed by atoms with E-state index in [4.69, 9.17) is 5.73 Å². The topological polar surface area (TPSA) is 58.7 Å². The maximum Gasteiger partial charge on any atom is 0.334 e. The van der Waals surface area contributed by atoms with E-state index in [0.29, 0.717) is 0 Å². The highest BCUT2D eigenvalue weighted by molar-refractivity contribution is 9.10.